The molecule has 0 bridgehead atoms. The quantitative estimate of drug-likeness (QED) is 0.757. The first kappa shape index (κ1) is 20.1. The van der Waals surface area contributed by atoms with Gasteiger partial charge in [0.1, 0.15) is 0 Å². The molecule has 2 heterocycles. The van der Waals surface area contributed by atoms with E-state index < -0.39 is 9.84 Å². The molecule has 2 saturated heterocycles. The van der Waals surface area contributed by atoms with Gasteiger partial charge in [-0.3, -0.25) is 9.69 Å². The predicted molar refractivity (Wildman–Crippen MR) is 115 cm³/mol. The van der Waals surface area contributed by atoms with Crippen molar-refractivity contribution in [1.82, 2.24) is 9.80 Å². The Bertz CT molecular complexity index is 884. The van der Waals surface area contributed by atoms with E-state index in [0.29, 0.717) is 25.3 Å². The van der Waals surface area contributed by atoms with Gasteiger partial charge >= 0.3 is 0 Å². The van der Waals surface area contributed by atoms with E-state index in [1.165, 1.54) is 0 Å². The minimum atomic E-state index is -2.87. The normalized spacial score (nSPS) is 22.1. The molecule has 0 unspecified atom stereocenters. The highest BCUT2D eigenvalue weighted by atomic mass is 32.2. The molecule has 1 amide bonds. The molecule has 0 saturated carbocycles. The van der Waals surface area contributed by atoms with Gasteiger partial charge in [0.25, 0.3) is 0 Å². The summed E-state index contributed by atoms with van der Waals surface area (Å²) in [6.45, 7) is 2.86. The van der Waals surface area contributed by atoms with Crippen molar-refractivity contribution in [2.45, 2.75) is 24.8 Å². The average molecular weight is 413 g/mol. The minimum Gasteiger partial charge on any atom is -0.340 e. The van der Waals surface area contributed by atoms with Gasteiger partial charge in [0, 0.05) is 44.6 Å². The van der Waals surface area contributed by atoms with E-state index in [-0.39, 0.29) is 23.6 Å². The highest BCUT2D eigenvalue weighted by Crippen LogP contribution is 2.29. The molecule has 2 aromatic carbocycles. The molecule has 0 spiro atoms. The maximum atomic E-state index is 13.1. The summed E-state index contributed by atoms with van der Waals surface area (Å²) in [6.07, 6.45) is 1.17. The van der Waals surface area contributed by atoms with Crippen LogP contribution in [-0.2, 0) is 14.6 Å². The SMILES string of the molecule is O=C(CC(c1ccccc1)c1ccccc1)N1CCN([C@H]2CCS(=O)(=O)C2)CC1. The molecule has 0 radical (unpaired) electrons. The molecule has 2 aliphatic rings. The van der Waals surface area contributed by atoms with Crippen molar-refractivity contribution in [3.8, 4) is 0 Å². The second kappa shape index (κ2) is 8.67. The lowest BCUT2D eigenvalue weighted by Gasteiger charge is -2.38. The van der Waals surface area contributed by atoms with Crippen LogP contribution in [0.3, 0.4) is 0 Å². The fraction of sp³-hybridized carbons (Fsp3) is 0.435. The summed E-state index contributed by atoms with van der Waals surface area (Å²) in [4.78, 5) is 17.3. The molecule has 0 N–H and O–H groups in total. The van der Waals surface area contributed by atoms with Gasteiger partial charge in [0.15, 0.2) is 9.84 Å². The number of carbonyl (C=O) groups is 1. The molecule has 5 nitrogen and oxygen atoms in total. The Morgan fingerprint density at radius 1 is 0.897 bits per heavy atom. The van der Waals surface area contributed by atoms with Gasteiger partial charge in [-0.25, -0.2) is 8.42 Å². The number of piperazine rings is 1. The van der Waals surface area contributed by atoms with Crippen LogP contribution in [-0.4, -0.2) is 67.9 Å². The van der Waals surface area contributed by atoms with Crippen molar-refractivity contribution < 1.29 is 13.2 Å². The number of amides is 1. The second-order valence-electron chi connectivity index (χ2n) is 8.05. The van der Waals surface area contributed by atoms with Crippen LogP contribution in [0.25, 0.3) is 0 Å². The summed E-state index contributed by atoms with van der Waals surface area (Å²) in [6, 6.07) is 20.5. The number of hydrogen-bond donors (Lipinski definition) is 0. The van der Waals surface area contributed by atoms with Gasteiger partial charge in [-0.05, 0) is 17.5 Å². The molecule has 2 aromatic rings. The Balaban J connectivity index is 1.40. The molecular formula is C23H28N2O3S. The molecule has 2 aliphatic heterocycles. The summed E-state index contributed by atoms with van der Waals surface area (Å²) in [7, 11) is -2.87. The minimum absolute atomic E-state index is 0.0444. The Morgan fingerprint density at radius 2 is 1.45 bits per heavy atom. The maximum absolute atomic E-state index is 13.1. The first-order chi connectivity index (χ1) is 14.0. The van der Waals surface area contributed by atoms with Gasteiger partial charge in [-0.2, -0.15) is 0 Å². The van der Waals surface area contributed by atoms with Crippen LogP contribution in [0.5, 0.6) is 0 Å². The Hall–Kier alpha value is -2.18. The molecule has 1 atom stereocenters. The first-order valence-corrected chi connectivity index (χ1v) is 12.2. The van der Waals surface area contributed by atoms with Crippen molar-refractivity contribution in [3.05, 3.63) is 71.8 Å². The van der Waals surface area contributed by atoms with Gasteiger partial charge in [0.05, 0.1) is 11.5 Å². The molecular weight excluding hydrogens is 384 g/mol. The Labute approximate surface area is 173 Å². The maximum Gasteiger partial charge on any atom is 0.223 e. The summed E-state index contributed by atoms with van der Waals surface area (Å²) in [5, 5.41) is 0. The average Bonchev–Trinajstić information content (AvgIpc) is 3.13. The highest BCUT2D eigenvalue weighted by Gasteiger charge is 2.34. The number of sulfone groups is 1. The topological polar surface area (TPSA) is 57.7 Å². The lowest BCUT2D eigenvalue weighted by molar-refractivity contribution is -0.133. The Kier molecular flexibility index (Phi) is 6.01. The highest BCUT2D eigenvalue weighted by molar-refractivity contribution is 7.91. The van der Waals surface area contributed by atoms with Crippen molar-refractivity contribution in [1.29, 1.82) is 0 Å². The van der Waals surface area contributed by atoms with Gasteiger partial charge < -0.3 is 4.90 Å². The predicted octanol–water partition coefficient (Wildman–Crippen LogP) is 2.54. The van der Waals surface area contributed by atoms with Gasteiger partial charge in [0.2, 0.25) is 5.91 Å². The van der Waals surface area contributed by atoms with Crippen LogP contribution in [0.4, 0.5) is 0 Å². The molecule has 0 aromatic heterocycles. The first-order valence-electron chi connectivity index (χ1n) is 10.3. The van der Waals surface area contributed by atoms with Crippen LogP contribution in [0.15, 0.2) is 60.7 Å². The third kappa shape index (κ3) is 4.87. The van der Waals surface area contributed by atoms with E-state index in [1.54, 1.807) is 0 Å². The van der Waals surface area contributed by atoms with Gasteiger partial charge in [-0.1, -0.05) is 60.7 Å². The van der Waals surface area contributed by atoms with Crippen molar-refractivity contribution in [3.63, 3.8) is 0 Å². The molecule has 6 heteroatoms. The fourth-order valence-electron chi connectivity index (χ4n) is 4.50. The lowest BCUT2D eigenvalue weighted by Crippen LogP contribution is -2.52. The zero-order valence-electron chi connectivity index (χ0n) is 16.6. The molecule has 29 heavy (non-hydrogen) atoms. The number of carbonyl (C=O) groups excluding carboxylic acids is 1. The molecule has 154 valence electrons. The second-order valence-corrected chi connectivity index (χ2v) is 10.3. The number of rotatable bonds is 5. The third-order valence-electron chi connectivity index (χ3n) is 6.17. The van der Waals surface area contributed by atoms with Gasteiger partial charge in [-0.15, -0.1) is 0 Å². The third-order valence-corrected chi connectivity index (χ3v) is 7.92. The smallest absolute Gasteiger partial charge is 0.223 e. The van der Waals surface area contributed by atoms with Crippen LogP contribution in [0.1, 0.15) is 29.9 Å². The van der Waals surface area contributed by atoms with Crippen molar-refractivity contribution in [2.24, 2.45) is 0 Å². The molecule has 0 aliphatic carbocycles. The zero-order chi connectivity index (χ0) is 20.3. The Morgan fingerprint density at radius 3 is 1.93 bits per heavy atom. The monoisotopic (exact) mass is 412 g/mol. The van der Waals surface area contributed by atoms with Crippen LogP contribution >= 0.6 is 0 Å². The molecule has 2 fully saturated rings. The van der Waals surface area contributed by atoms with E-state index in [2.05, 4.69) is 29.2 Å². The molecule has 4 rings (SSSR count). The number of nitrogens with zero attached hydrogens (tertiary/aromatic N) is 2. The van der Waals surface area contributed by atoms with Crippen LogP contribution in [0, 0.1) is 0 Å². The van der Waals surface area contributed by atoms with E-state index in [0.717, 1.165) is 30.6 Å². The number of benzene rings is 2. The largest absolute Gasteiger partial charge is 0.340 e. The van der Waals surface area contributed by atoms with Crippen molar-refractivity contribution >= 4 is 15.7 Å². The van der Waals surface area contributed by atoms with E-state index in [9.17, 15) is 13.2 Å². The summed E-state index contributed by atoms with van der Waals surface area (Å²) >= 11 is 0. The van der Waals surface area contributed by atoms with E-state index >= 15 is 0 Å². The summed E-state index contributed by atoms with van der Waals surface area (Å²) in [5.74, 6) is 0.779. The van der Waals surface area contributed by atoms with Crippen molar-refractivity contribution in [2.75, 3.05) is 37.7 Å². The van der Waals surface area contributed by atoms with Crippen LogP contribution in [0.2, 0.25) is 0 Å². The lowest BCUT2D eigenvalue weighted by atomic mass is 9.88. The summed E-state index contributed by atoms with van der Waals surface area (Å²) < 4.78 is 23.5. The zero-order valence-corrected chi connectivity index (χ0v) is 17.4. The van der Waals surface area contributed by atoms with E-state index in [1.807, 2.05) is 41.3 Å². The van der Waals surface area contributed by atoms with E-state index in [4.69, 9.17) is 0 Å². The standard InChI is InChI=1S/C23H28N2O3S/c26-23(25-14-12-24(13-15-25)21-11-16-29(27,28)18-21)17-22(19-7-3-1-4-8-19)20-9-5-2-6-10-20/h1-10,21-22H,11-18H2/t21-/m0/s1. The number of hydrogen-bond acceptors (Lipinski definition) is 4. The van der Waals surface area contributed by atoms with Crippen LogP contribution < -0.4 is 0 Å². The summed E-state index contributed by atoms with van der Waals surface area (Å²) in [5.41, 5.74) is 2.31. The fourth-order valence-corrected chi connectivity index (χ4v) is 6.26.